The van der Waals surface area contributed by atoms with Crippen LogP contribution in [0.15, 0.2) is 36.7 Å². The molecule has 2 aromatic rings. The molecule has 6 heteroatoms. The number of hydrogen-bond donors (Lipinski definition) is 1. The van der Waals surface area contributed by atoms with Crippen molar-refractivity contribution in [3.05, 3.63) is 63.9 Å². The Labute approximate surface area is 119 Å². The normalized spacial score (nSPS) is 13.3. The Morgan fingerprint density at radius 3 is 2.50 bits per heavy atom. The first-order chi connectivity index (χ1) is 9.30. The summed E-state index contributed by atoms with van der Waals surface area (Å²) in [5.74, 6) is 0. The van der Waals surface area contributed by atoms with Crippen LogP contribution in [0.5, 0.6) is 0 Å². The first-order valence-electron chi connectivity index (χ1n) is 5.83. The van der Waals surface area contributed by atoms with Gasteiger partial charge in [-0.25, -0.2) is 0 Å². The maximum absolute atomic E-state index is 13.0. The van der Waals surface area contributed by atoms with E-state index >= 15 is 0 Å². The SMILES string of the molecule is Cc1ccc(C(N)c2cnccc2C(F)(F)F)c(Cl)c1. The molecule has 0 fully saturated rings. The fourth-order valence-electron chi connectivity index (χ4n) is 1.96. The van der Waals surface area contributed by atoms with Crippen molar-refractivity contribution in [1.82, 2.24) is 4.98 Å². The fraction of sp³-hybridized carbons (Fsp3) is 0.214. The Bertz CT molecular complexity index is 626. The van der Waals surface area contributed by atoms with Crippen LogP contribution in [0, 0.1) is 6.92 Å². The lowest BCUT2D eigenvalue weighted by Gasteiger charge is -2.19. The van der Waals surface area contributed by atoms with Crippen LogP contribution in [0.4, 0.5) is 13.2 Å². The minimum atomic E-state index is -4.48. The molecule has 0 amide bonds. The molecular formula is C14H12ClF3N2. The van der Waals surface area contributed by atoms with Crippen LogP contribution >= 0.6 is 11.6 Å². The van der Waals surface area contributed by atoms with Crippen molar-refractivity contribution in [2.75, 3.05) is 0 Å². The molecule has 1 unspecified atom stereocenters. The topological polar surface area (TPSA) is 38.9 Å². The molecule has 20 heavy (non-hydrogen) atoms. The summed E-state index contributed by atoms with van der Waals surface area (Å²) in [5, 5.41) is 0.342. The highest BCUT2D eigenvalue weighted by atomic mass is 35.5. The van der Waals surface area contributed by atoms with Crippen LogP contribution in [0.1, 0.15) is 28.3 Å². The largest absolute Gasteiger partial charge is 0.416 e. The molecule has 0 aliphatic carbocycles. The van der Waals surface area contributed by atoms with Gasteiger partial charge in [0.1, 0.15) is 0 Å². The number of pyridine rings is 1. The molecule has 1 aromatic heterocycles. The number of hydrogen-bond acceptors (Lipinski definition) is 2. The minimum Gasteiger partial charge on any atom is -0.320 e. The van der Waals surface area contributed by atoms with Crippen molar-refractivity contribution >= 4 is 11.6 Å². The number of rotatable bonds is 2. The second kappa shape index (κ2) is 5.42. The Morgan fingerprint density at radius 2 is 1.90 bits per heavy atom. The lowest BCUT2D eigenvalue weighted by atomic mass is 9.96. The molecule has 1 aromatic carbocycles. The molecule has 0 aliphatic rings. The van der Waals surface area contributed by atoms with Gasteiger partial charge in [-0.05, 0) is 30.2 Å². The molecule has 106 valence electrons. The van der Waals surface area contributed by atoms with E-state index in [0.29, 0.717) is 10.6 Å². The van der Waals surface area contributed by atoms with E-state index in [2.05, 4.69) is 4.98 Å². The Kier molecular flexibility index (Phi) is 4.01. The van der Waals surface area contributed by atoms with E-state index in [1.54, 1.807) is 18.2 Å². The zero-order valence-electron chi connectivity index (χ0n) is 10.6. The van der Waals surface area contributed by atoms with Crippen molar-refractivity contribution in [3.8, 4) is 0 Å². The maximum Gasteiger partial charge on any atom is 0.416 e. The summed E-state index contributed by atoms with van der Waals surface area (Å²) in [6.45, 7) is 1.84. The van der Waals surface area contributed by atoms with Crippen molar-refractivity contribution in [1.29, 1.82) is 0 Å². The van der Waals surface area contributed by atoms with Crippen LogP contribution < -0.4 is 5.73 Å². The summed E-state index contributed by atoms with van der Waals surface area (Å²) in [4.78, 5) is 3.73. The minimum absolute atomic E-state index is 0.0919. The van der Waals surface area contributed by atoms with Gasteiger partial charge < -0.3 is 5.73 Å². The van der Waals surface area contributed by atoms with Gasteiger partial charge >= 0.3 is 6.18 Å². The summed E-state index contributed by atoms with van der Waals surface area (Å²) in [6.07, 6.45) is -2.26. The second-order valence-corrected chi connectivity index (χ2v) is 4.87. The Balaban J connectivity index is 2.51. The van der Waals surface area contributed by atoms with Crippen molar-refractivity contribution in [2.45, 2.75) is 19.1 Å². The first-order valence-corrected chi connectivity index (χ1v) is 6.21. The summed E-state index contributed by atoms with van der Waals surface area (Å²) in [5.41, 5.74) is 6.40. The number of aromatic nitrogens is 1. The maximum atomic E-state index is 13.0. The van der Waals surface area contributed by atoms with Gasteiger partial charge in [0.25, 0.3) is 0 Å². The lowest BCUT2D eigenvalue weighted by Crippen LogP contribution is -2.19. The van der Waals surface area contributed by atoms with Crippen LogP contribution in [0.25, 0.3) is 0 Å². The average molecular weight is 301 g/mol. The number of benzene rings is 1. The molecule has 0 radical (unpaired) electrons. The molecule has 0 saturated carbocycles. The Hall–Kier alpha value is -1.59. The summed E-state index contributed by atoms with van der Waals surface area (Å²) in [7, 11) is 0. The predicted octanol–water partition coefficient (Wildman–Crippen LogP) is 4.11. The molecular weight excluding hydrogens is 289 g/mol. The lowest BCUT2D eigenvalue weighted by molar-refractivity contribution is -0.138. The number of aryl methyl sites for hydroxylation is 1. The van der Waals surface area contributed by atoms with E-state index in [0.717, 1.165) is 24.0 Å². The average Bonchev–Trinajstić information content (AvgIpc) is 2.37. The highest BCUT2D eigenvalue weighted by Crippen LogP contribution is 2.36. The molecule has 0 saturated heterocycles. The molecule has 1 heterocycles. The third-order valence-electron chi connectivity index (χ3n) is 2.98. The molecule has 2 rings (SSSR count). The van der Waals surface area contributed by atoms with Gasteiger partial charge in [0.05, 0.1) is 11.6 Å². The number of halogens is 4. The zero-order chi connectivity index (χ0) is 14.9. The van der Waals surface area contributed by atoms with E-state index < -0.39 is 17.8 Å². The van der Waals surface area contributed by atoms with Crippen LogP contribution in [0.3, 0.4) is 0 Å². The van der Waals surface area contributed by atoms with Gasteiger partial charge in [-0.2, -0.15) is 13.2 Å². The zero-order valence-corrected chi connectivity index (χ0v) is 11.3. The number of nitrogens with two attached hydrogens (primary N) is 1. The third-order valence-corrected chi connectivity index (χ3v) is 3.31. The van der Waals surface area contributed by atoms with E-state index in [1.807, 2.05) is 6.92 Å². The second-order valence-electron chi connectivity index (χ2n) is 4.46. The molecule has 2 nitrogen and oxygen atoms in total. The molecule has 1 atom stereocenters. The van der Waals surface area contributed by atoms with Gasteiger partial charge in [-0.15, -0.1) is 0 Å². The Morgan fingerprint density at radius 1 is 1.20 bits per heavy atom. The van der Waals surface area contributed by atoms with Gasteiger partial charge in [-0.1, -0.05) is 23.7 Å². The molecule has 0 spiro atoms. The fourth-order valence-corrected chi connectivity index (χ4v) is 2.32. The van der Waals surface area contributed by atoms with E-state index in [4.69, 9.17) is 17.3 Å². The van der Waals surface area contributed by atoms with E-state index in [1.165, 1.54) is 0 Å². The quantitative estimate of drug-likeness (QED) is 0.906. The highest BCUT2D eigenvalue weighted by molar-refractivity contribution is 6.31. The van der Waals surface area contributed by atoms with E-state index in [9.17, 15) is 13.2 Å². The standard InChI is InChI=1S/C14H12ClF3N2/c1-8-2-3-9(12(15)6-8)13(19)10-7-20-5-4-11(10)14(16,17)18/h2-7,13H,19H2,1H3. The molecule has 0 bridgehead atoms. The van der Waals surface area contributed by atoms with Gasteiger partial charge in [-0.3, -0.25) is 4.98 Å². The van der Waals surface area contributed by atoms with Crippen molar-refractivity contribution < 1.29 is 13.2 Å². The van der Waals surface area contributed by atoms with E-state index in [-0.39, 0.29) is 5.56 Å². The van der Waals surface area contributed by atoms with Crippen LogP contribution in [0.2, 0.25) is 5.02 Å². The smallest absolute Gasteiger partial charge is 0.320 e. The van der Waals surface area contributed by atoms with Crippen molar-refractivity contribution in [3.63, 3.8) is 0 Å². The predicted molar refractivity (Wildman–Crippen MR) is 71.5 cm³/mol. The number of nitrogens with zero attached hydrogens (tertiary/aromatic N) is 1. The van der Waals surface area contributed by atoms with Crippen molar-refractivity contribution in [2.24, 2.45) is 5.73 Å². The summed E-state index contributed by atoms with van der Waals surface area (Å²) in [6, 6.07) is 4.99. The molecule has 2 N–H and O–H groups in total. The third kappa shape index (κ3) is 2.94. The summed E-state index contributed by atoms with van der Waals surface area (Å²) < 4.78 is 38.9. The van der Waals surface area contributed by atoms with Gasteiger partial charge in [0.15, 0.2) is 0 Å². The molecule has 0 aliphatic heterocycles. The van der Waals surface area contributed by atoms with Crippen LogP contribution in [-0.2, 0) is 6.18 Å². The number of alkyl halides is 3. The van der Waals surface area contributed by atoms with Crippen LogP contribution in [-0.4, -0.2) is 4.98 Å². The van der Waals surface area contributed by atoms with Gasteiger partial charge in [0.2, 0.25) is 0 Å². The van der Waals surface area contributed by atoms with Gasteiger partial charge in [0, 0.05) is 23.0 Å². The monoisotopic (exact) mass is 300 g/mol. The highest BCUT2D eigenvalue weighted by Gasteiger charge is 2.35. The first kappa shape index (κ1) is 14.8. The summed E-state index contributed by atoms with van der Waals surface area (Å²) >= 11 is 6.06.